The van der Waals surface area contributed by atoms with Gasteiger partial charge in [-0.05, 0) is 42.4 Å². The molecule has 0 amide bonds. The van der Waals surface area contributed by atoms with E-state index in [9.17, 15) is 9.90 Å². The van der Waals surface area contributed by atoms with Gasteiger partial charge in [-0.15, -0.1) is 0 Å². The number of benzene rings is 1. The van der Waals surface area contributed by atoms with Gasteiger partial charge < -0.3 is 10.0 Å². The van der Waals surface area contributed by atoms with Gasteiger partial charge in [0.15, 0.2) is 0 Å². The molecule has 1 aromatic rings. The van der Waals surface area contributed by atoms with Crippen molar-refractivity contribution in [3.63, 3.8) is 0 Å². The average Bonchev–Trinajstić information content (AvgIpc) is 3.15. The van der Waals surface area contributed by atoms with Crippen LogP contribution < -0.4 is 4.90 Å². The Kier molecular flexibility index (Phi) is 2.42. The predicted molar refractivity (Wildman–Crippen MR) is 86.3 cm³/mol. The molecule has 0 unspecified atom stereocenters. The van der Waals surface area contributed by atoms with Crippen molar-refractivity contribution in [1.29, 1.82) is 0 Å². The lowest BCUT2D eigenvalue weighted by atomic mass is 9.76. The third-order valence-electron chi connectivity index (χ3n) is 5.91. The topological polar surface area (TPSA) is 40.5 Å². The highest BCUT2D eigenvalue weighted by molar-refractivity contribution is 6.00. The number of carboxylic acid groups (broad SMARTS) is 1. The Hall–Kier alpha value is -2.03. The molecule has 0 bridgehead atoms. The molecule has 3 nitrogen and oxygen atoms in total. The second-order valence-corrected chi connectivity index (χ2v) is 7.02. The number of rotatable bonds is 1. The molecule has 0 fully saturated rings. The van der Waals surface area contributed by atoms with E-state index in [2.05, 4.69) is 29.2 Å². The van der Waals surface area contributed by atoms with Gasteiger partial charge in [0.05, 0.1) is 5.56 Å². The van der Waals surface area contributed by atoms with E-state index in [0.717, 1.165) is 31.5 Å². The first kappa shape index (κ1) is 12.5. The summed E-state index contributed by atoms with van der Waals surface area (Å²) in [6.45, 7) is 2.14. The molecular formula is C19H19NO2. The fourth-order valence-corrected chi connectivity index (χ4v) is 5.00. The van der Waals surface area contributed by atoms with Gasteiger partial charge in [0.1, 0.15) is 0 Å². The number of nitrogens with zero attached hydrogens (tertiary/aromatic N) is 1. The van der Waals surface area contributed by atoms with Crippen LogP contribution in [0.4, 0.5) is 5.69 Å². The number of carboxylic acids is 1. The molecule has 22 heavy (non-hydrogen) atoms. The number of hydrogen-bond acceptors (Lipinski definition) is 2. The van der Waals surface area contributed by atoms with E-state index in [4.69, 9.17) is 0 Å². The lowest BCUT2D eigenvalue weighted by Crippen LogP contribution is -2.42. The minimum atomic E-state index is -0.796. The van der Waals surface area contributed by atoms with Crippen molar-refractivity contribution >= 4 is 17.2 Å². The average molecular weight is 293 g/mol. The zero-order valence-electron chi connectivity index (χ0n) is 12.5. The van der Waals surface area contributed by atoms with Crippen molar-refractivity contribution in [2.45, 2.75) is 25.2 Å². The number of fused-ring (bicyclic) bond motifs is 4. The Labute approximate surface area is 129 Å². The van der Waals surface area contributed by atoms with Gasteiger partial charge in [-0.25, -0.2) is 4.79 Å². The smallest absolute Gasteiger partial charge is 0.336 e. The molecule has 112 valence electrons. The van der Waals surface area contributed by atoms with Crippen LogP contribution in [0.1, 0.15) is 46.7 Å². The van der Waals surface area contributed by atoms with Crippen molar-refractivity contribution < 1.29 is 9.90 Å². The third kappa shape index (κ3) is 1.49. The second kappa shape index (κ2) is 4.25. The zero-order chi connectivity index (χ0) is 14.8. The van der Waals surface area contributed by atoms with Gasteiger partial charge in [-0.3, -0.25) is 0 Å². The molecule has 0 aromatic heterocycles. The van der Waals surface area contributed by atoms with Crippen LogP contribution in [-0.4, -0.2) is 24.2 Å². The van der Waals surface area contributed by atoms with E-state index < -0.39 is 5.97 Å². The zero-order valence-corrected chi connectivity index (χ0v) is 12.5. The third-order valence-corrected chi connectivity index (χ3v) is 5.91. The van der Waals surface area contributed by atoms with Crippen LogP contribution >= 0.6 is 0 Å². The van der Waals surface area contributed by atoms with Crippen molar-refractivity contribution in [1.82, 2.24) is 0 Å². The summed E-state index contributed by atoms with van der Waals surface area (Å²) in [5, 5.41) is 9.66. The van der Waals surface area contributed by atoms with Gasteiger partial charge in [-0.2, -0.15) is 0 Å². The molecule has 2 heterocycles. The molecule has 0 saturated heterocycles. The number of carbonyl (C=O) groups is 1. The number of hydrogen-bond donors (Lipinski definition) is 1. The number of allylic oxidation sites excluding steroid dienone is 3. The van der Waals surface area contributed by atoms with Crippen LogP contribution in [0.15, 0.2) is 30.4 Å². The highest BCUT2D eigenvalue weighted by Crippen LogP contribution is 2.53. The van der Waals surface area contributed by atoms with E-state index in [1.54, 1.807) is 0 Å². The Morgan fingerprint density at radius 1 is 1.27 bits per heavy atom. The Morgan fingerprint density at radius 2 is 2.18 bits per heavy atom. The van der Waals surface area contributed by atoms with E-state index in [1.165, 1.54) is 23.2 Å². The van der Waals surface area contributed by atoms with Crippen molar-refractivity contribution in [3.05, 3.63) is 47.1 Å². The molecule has 1 N–H and O–H groups in total. The second-order valence-electron chi connectivity index (χ2n) is 7.02. The first-order valence-corrected chi connectivity index (χ1v) is 8.26. The number of anilines is 1. The lowest BCUT2D eigenvalue weighted by Gasteiger charge is -2.45. The lowest BCUT2D eigenvalue weighted by molar-refractivity contribution is 0.0696. The summed E-state index contributed by atoms with van der Waals surface area (Å²) in [7, 11) is 0. The molecule has 2 aliphatic carbocycles. The normalized spacial score (nSPS) is 30.6. The quantitative estimate of drug-likeness (QED) is 0.803. The summed E-state index contributed by atoms with van der Waals surface area (Å²) in [4.78, 5) is 14.2. The van der Waals surface area contributed by atoms with E-state index in [1.807, 2.05) is 6.07 Å². The molecule has 0 spiro atoms. The van der Waals surface area contributed by atoms with Crippen molar-refractivity contribution in [2.75, 3.05) is 18.0 Å². The van der Waals surface area contributed by atoms with Crippen LogP contribution in [0.25, 0.3) is 5.57 Å². The largest absolute Gasteiger partial charge is 0.478 e. The maximum absolute atomic E-state index is 11.8. The summed E-state index contributed by atoms with van der Waals surface area (Å²) in [5.74, 6) is 0.872. The molecule has 0 radical (unpaired) electrons. The van der Waals surface area contributed by atoms with Gasteiger partial charge >= 0.3 is 5.97 Å². The molecule has 3 heteroatoms. The molecule has 3 atom stereocenters. The van der Waals surface area contributed by atoms with Gasteiger partial charge in [-0.1, -0.05) is 24.3 Å². The fourth-order valence-electron chi connectivity index (χ4n) is 5.00. The van der Waals surface area contributed by atoms with E-state index in [-0.39, 0.29) is 0 Å². The van der Waals surface area contributed by atoms with Crippen LogP contribution in [-0.2, 0) is 0 Å². The molecule has 1 aromatic carbocycles. The minimum Gasteiger partial charge on any atom is -0.478 e. The summed E-state index contributed by atoms with van der Waals surface area (Å²) in [6, 6.07) is 3.91. The molecule has 2 aliphatic heterocycles. The summed E-state index contributed by atoms with van der Waals surface area (Å²) in [6.07, 6.45) is 10.3. The summed E-state index contributed by atoms with van der Waals surface area (Å²) >= 11 is 0. The minimum absolute atomic E-state index is 0.478. The monoisotopic (exact) mass is 293 g/mol. The van der Waals surface area contributed by atoms with Gasteiger partial charge in [0.2, 0.25) is 0 Å². The highest BCUT2D eigenvalue weighted by Gasteiger charge is 2.42. The van der Waals surface area contributed by atoms with E-state index in [0.29, 0.717) is 23.3 Å². The first-order chi connectivity index (χ1) is 10.7. The first-order valence-electron chi connectivity index (χ1n) is 8.26. The summed E-state index contributed by atoms with van der Waals surface area (Å²) < 4.78 is 0. The van der Waals surface area contributed by atoms with Crippen LogP contribution in [0, 0.1) is 11.8 Å². The van der Waals surface area contributed by atoms with Gasteiger partial charge in [0.25, 0.3) is 0 Å². The maximum Gasteiger partial charge on any atom is 0.336 e. The van der Waals surface area contributed by atoms with E-state index >= 15 is 0 Å². The Balaban J connectivity index is 1.80. The van der Waals surface area contributed by atoms with Crippen molar-refractivity contribution in [2.24, 2.45) is 11.8 Å². The van der Waals surface area contributed by atoms with Crippen molar-refractivity contribution in [3.8, 4) is 0 Å². The van der Waals surface area contributed by atoms with Crippen LogP contribution in [0.2, 0.25) is 0 Å². The number of aromatic carboxylic acids is 1. The summed E-state index contributed by atoms with van der Waals surface area (Å²) in [5.41, 5.74) is 5.37. The maximum atomic E-state index is 11.8. The molecule has 4 aliphatic rings. The SMILES string of the molecule is O=C(O)c1ccc2c3c1C1=CCC[C@H]1CN3C[C@H]1CC=C[C@@H]21. The molecule has 0 saturated carbocycles. The van der Waals surface area contributed by atoms with Crippen LogP contribution in [0.5, 0.6) is 0 Å². The predicted octanol–water partition coefficient (Wildman–Crippen LogP) is 3.67. The van der Waals surface area contributed by atoms with Crippen LogP contribution in [0.3, 0.4) is 0 Å². The fraction of sp³-hybridized carbons (Fsp3) is 0.421. The standard InChI is InChI=1S/C19H19NO2/c21-19(22)16-8-7-15-13-5-1-3-11(13)9-20-10-12-4-2-6-14(12)17(16)18(15)20/h1,5-8,11-13H,2-4,9-10H2,(H,21,22)/t11-,12+,13-/m1/s1. The highest BCUT2D eigenvalue weighted by atomic mass is 16.4. The molecule has 5 rings (SSSR count). The van der Waals surface area contributed by atoms with Gasteiger partial charge in [0, 0.05) is 36.2 Å². The Morgan fingerprint density at radius 3 is 3.05 bits per heavy atom. The molecular weight excluding hydrogens is 274 g/mol. The Bertz CT molecular complexity index is 746.